The van der Waals surface area contributed by atoms with E-state index in [0.29, 0.717) is 27.5 Å². The number of hydrogen-bond acceptors (Lipinski definition) is 3. The van der Waals surface area contributed by atoms with Gasteiger partial charge in [0, 0.05) is 5.39 Å². The number of benzene rings is 2. The van der Waals surface area contributed by atoms with Gasteiger partial charge in [-0.1, -0.05) is 13.8 Å². The molecule has 6 heteroatoms. The molecule has 0 aliphatic heterocycles. The van der Waals surface area contributed by atoms with Crippen molar-refractivity contribution in [2.75, 3.05) is 5.73 Å². The van der Waals surface area contributed by atoms with Gasteiger partial charge in [-0.15, -0.1) is 0 Å². The number of nitrogen functional groups attached to an aromatic ring is 1. The molecule has 22 heavy (non-hydrogen) atoms. The zero-order valence-electron chi connectivity index (χ0n) is 12.2. The van der Waals surface area contributed by atoms with E-state index in [-0.39, 0.29) is 10.8 Å². The van der Waals surface area contributed by atoms with E-state index in [0.717, 1.165) is 5.52 Å². The van der Waals surface area contributed by atoms with Crippen LogP contribution in [0.1, 0.15) is 13.8 Å². The predicted octanol–water partition coefficient (Wildman–Crippen LogP) is 3.31. The van der Waals surface area contributed by atoms with Gasteiger partial charge >= 0.3 is 0 Å². The first kappa shape index (κ1) is 14.1. The largest absolute Gasteiger partial charge is 0.397 e. The van der Waals surface area contributed by atoms with Crippen molar-refractivity contribution >= 4 is 38.4 Å². The van der Waals surface area contributed by atoms with Crippen LogP contribution in [-0.4, -0.2) is 15.2 Å². The molecule has 5 nitrogen and oxygen atoms in total. The molecule has 112 valence electrons. The van der Waals surface area contributed by atoms with E-state index in [4.69, 9.17) is 5.73 Å². The smallest absolute Gasteiger partial charge is 0.200 e. The molecule has 0 amide bonds. The number of nitrogens with zero attached hydrogens (tertiary/aromatic N) is 1. The van der Waals surface area contributed by atoms with Gasteiger partial charge in [-0.2, -0.15) is 5.10 Å². The molecule has 4 N–H and O–H groups in total. The maximum absolute atomic E-state index is 14.0. The fourth-order valence-electron chi connectivity index (χ4n) is 2.58. The Kier molecular flexibility index (Phi) is 3.29. The Labute approximate surface area is 124 Å². The van der Waals surface area contributed by atoms with Crippen molar-refractivity contribution in [1.82, 2.24) is 15.2 Å². The molecule has 2 heterocycles. The molecule has 0 saturated heterocycles. The normalized spacial score (nSPS) is 10.9. The first-order valence-electron chi connectivity index (χ1n) is 7.02. The maximum atomic E-state index is 14.0. The molecule has 0 unspecified atom stereocenters. The molecule has 0 aliphatic rings. The van der Waals surface area contributed by atoms with Gasteiger partial charge in [0.25, 0.3) is 0 Å². The number of pyridine rings is 1. The highest BCUT2D eigenvalue weighted by molar-refractivity contribution is 6.09. The standard InChI is InChI=1S/C14H9FN4O.C2H6/c15-7-1-2-8(16)13-12(7)14(20)11-6-5-17-19-9(6)3-4-10(11)18-13;1-2/h1-5H,16H2,(H,17,19)(H,18,20);1-2H3. The van der Waals surface area contributed by atoms with Crippen LogP contribution >= 0.6 is 0 Å². The molecule has 0 saturated carbocycles. The first-order chi connectivity index (χ1) is 10.7. The monoisotopic (exact) mass is 298 g/mol. The van der Waals surface area contributed by atoms with Crippen molar-refractivity contribution in [3.8, 4) is 0 Å². The van der Waals surface area contributed by atoms with E-state index in [1.54, 1.807) is 12.3 Å². The third-order valence-electron chi connectivity index (χ3n) is 3.52. The number of aromatic amines is 2. The van der Waals surface area contributed by atoms with Crippen LogP contribution < -0.4 is 11.2 Å². The van der Waals surface area contributed by atoms with Crippen LogP contribution in [0.2, 0.25) is 0 Å². The van der Waals surface area contributed by atoms with Gasteiger partial charge in [-0.3, -0.25) is 9.89 Å². The Morgan fingerprint density at radius 3 is 2.59 bits per heavy atom. The first-order valence-corrected chi connectivity index (χ1v) is 7.02. The molecule has 4 rings (SSSR count). The summed E-state index contributed by atoms with van der Waals surface area (Å²) in [5, 5.41) is 7.76. The third-order valence-corrected chi connectivity index (χ3v) is 3.52. The summed E-state index contributed by atoms with van der Waals surface area (Å²) in [4.78, 5) is 15.7. The molecule has 0 atom stereocenters. The van der Waals surface area contributed by atoms with Crippen molar-refractivity contribution in [3.05, 3.63) is 46.5 Å². The lowest BCUT2D eigenvalue weighted by Crippen LogP contribution is -2.08. The van der Waals surface area contributed by atoms with Gasteiger partial charge in [-0.25, -0.2) is 4.39 Å². The summed E-state index contributed by atoms with van der Waals surface area (Å²) >= 11 is 0. The van der Waals surface area contributed by atoms with Gasteiger partial charge in [0.15, 0.2) is 0 Å². The Hall–Kier alpha value is -2.89. The van der Waals surface area contributed by atoms with Gasteiger partial charge in [-0.05, 0) is 24.3 Å². The average Bonchev–Trinajstić information content (AvgIpc) is 3.01. The molecule has 0 bridgehead atoms. The summed E-state index contributed by atoms with van der Waals surface area (Å²) in [7, 11) is 0. The van der Waals surface area contributed by atoms with Crippen LogP contribution in [0.25, 0.3) is 32.7 Å². The number of nitrogens with one attached hydrogen (secondary N) is 2. The minimum atomic E-state index is -0.585. The van der Waals surface area contributed by atoms with E-state index >= 15 is 0 Å². The quantitative estimate of drug-likeness (QED) is 0.344. The van der Waals surface area contributed by atoms with Crippen LogP contribution in [0.15, 0.2) is 35.3 Å². The number of hydrogen-bond donors (Lipinski definition) is 3. The predicted molar refractivity (Wildman–Crippen MR) is 87.4 cm³/mol. The van der Waals surface area contributed by atoms with Crippen molar-refractivity contribution in [2.24, 2.45) is 0 Å². The maximum Gasteiger partial charge on any atom is 0.200 e. The lowest BCUT2D eigenvalue weighted by atomic mass is 10.1. The lowest BCUT2D eigenvalue weighted by molar-refractivity contribution is 0.639. The highest BCUT2D eigenvalue weighted by atomic mass is 19.1. The Morgan fingerprint density at radius 2 is 1.82 bits per heavy atom. The highest BCUT2D eigenvalue weighted by Crippen LogP contribution is 2.25. The van der Waals surface area contributed by atoms with Crippen molar-refractivity contribution < 1.29 is 4.39 Å². The fraction of sp³-hybridized carbons (Fsp3) is 0.125. The van der Waals surface area contributed by atoms with Crippen LogP contribution in [0.5, 0.6) is 0 Å². The average molecular weight is 298 g/mol. The number of rotatable bonds is 0. The number of fused-ring (bicyclic) bond motifs is 4. The molecule has 0 spiro atoms. The Balaban J connectivity index is 0.000000693. The Morgan fingerprint density at radius 1 is 1.09 bits per heavy atom. The second kappa shape index (κ2) is 5.14. The molecule has 0 radical (unpaired) electrons. The number of aromatic nitrogens is 3. The third kappa shape index (κ3) is 1.84. The number of anilines is 1. The Bertz CT molecular complexity index is 1050. The summed E-state index contributed by atoms with van der Waals surface area (Å²) in [6.07, 6.45) is 1.56. The summed E-state index contributed by atoms with van der Waals surface area (Å²) in [5.41, 5.74) is 7.44. The van der Waals surface area contributed by atoms with Crippen molar-refractivity contribution in [2.45, 2.75) is 13.8 Å². The van der Waals surface area contributed by atoms with Crippen molar-refractivity contribution in [3.63, 3.8) is 0 Å². The second-order valence-corrected chi connectivity index (χ2v) is 4.66. The SMILES string of the molecule is CC.Nc1ccc(F)c2c(=O)c3c(ccc4[nH]ncc43)[nH]c12. The van der Waals surface area contributed by atoms with Gasteiger partial charge in [0.2, 0.25) is 5.43 Å². The molecule has 0 fully saturated rings. The van der Waals surface area contributed by atoms with Crippen LogP contribution in [0, 0.1) is 5.82 Å². The summed E-state index contributed by atoms with van der Waals surface area (Å²) in [6.45, 7) is 4.00. The van der Waals surface area contributed by atoms with E-state index in [2.05, 4.69) is 15.2 Å². The lowest BCUT2D eigenvalue weighted by Gasteiger charge is -2.06. The molecule has 2 aromatic heterocycles. The van der Waals surface area contributed by atoms with E-state index in [1.165, 1.54) is 12.1 Å². The van der Waals surface area contributed by atoms with Crippen LogP contribution in [-0.2, 0) is 0 Å². The van der Waals surface area contributed by atoms with E-state index in [1.807, 2.05) is 19.9 Å². The summed E-state index contributed by atoms with van der Waals surface area (Å²) in [6, 6.07) is 6.20. The van der Waals surface area contributed by atoms with Crippen LogP contribution in [0.4, 0.5) is 10.1 Å². The minimum absolute atomic E-state index is 0.0220. The number of halogens is 1. The molecule has 2 aromatic carbocycles. The van der Waals surface area contributed by atoms with Crippen LogP contribution in [0.3, 0.4) is 0 Å². The zero-order valence-corrected chi connectivity index (χ0v) is 12.2. The zero-order chi connectivity index (χ0) is 15.9. The molecule has 4 aromatic rings. The highest BCUT2D eigenvalue weighted by Gasteiger charge is 2.14. The second-order valence-electron chi connectivity index (χ2n) is 4.66. The topological polar surface area (TPSA) is 87.6 Å². The van der Waals surface area contributed by atoms with Gasteiger partial charge in [0.1, 0.15) is 5.82 Å². The summed E-state index contributed by atoms with van der Waals surface area (Å²) in [5.74, 6) is -0.585. The molecule has 0 aliphatic carbocycles. The summed E-state index contributed by atoms with van der Waals surface area (Å²) < 4.78 is 14.0. The fourth-order valence-corrected chi connectivity index (χ4v) is 2.58. The molecular formula is C16H15FN4O. The van der Waals surface area contributed by atoms with E-state index < -0.39 is 5.82 Å². The van der Waals surface area contributed by atoms with Gasteiger partial charge < -0.3 is 10.7 Å². The molecular weight excluding hydrogens is 283 g/mol. The minimum Gasteiger partial charge on any atom is -0.397 e. The number of nitrogens with two attached hydrogens (primary N) is 1. The number of H-pyrrole nitrogens is 2. The van der Waals surface area contributed by atoms with Crippen molar-refractivity contribution in [1.29, 1.82) is 0 Å². The van der Waals surface area contributed by atoms with E-state index in [9.17, 15) is 9.18 Å². The van der Waals surface area contributed by atoms with Gasteiger partial charge in [0.05, 0.1) is 39.2 Å².